The highest BCUT2D eigenvalue weighted by Gasteiger charge is 2.74. The Hall–Kier alpha value is -1.80. The Morgan fingerprint density at radius 2 is 2.00 bits per heavy atom. The Kier molecular flexibility index (Phi) is 5.64. The Morgan fingerprint density at radius 1 is 1.25 bits per heavy atom. The number of fused-ring (bicyclic) bond motifs is 2. The van der Waals surface area contributed by atoms with Gasteiger partial charge in [-0.25, -0.2) is 0 Å². The van der Waals surface area contributed by atoms with Crippen LogP contribution in [0.3, 0.4) is 0 Å². The van der Waals surface area contributed by atoms with Gasteiger partial charge in [0.05, 0.1) is 19.3 Å². The molecule has 2 bridgehead atoms. The van der Waals surface area contributed by atoms with Crippen molar-refractivity contribution in [1.82, 2.24) is 0 Å². The fourth-order valence-corrected chi connectivity index (χ4v) is 6.40. The van der Waals surface area contributed by atoms with Crippen LogP contribution in [0.2, 0.25) is 0 Å². The largest absolute Gasteiger partial charge is 0.460 e. The van der Waals surface area contributed by atoms with Gasteiger partial charge in [-0.3, -0.25) is 9.59 Å². The third-order valence-electron chi connectivity index (χ3n) is 8.00. The van der Waals surface area contributed by atoms with Gasteiger partial charge in [-0.05, 0) is 19.3 Å². The van der Waals surface area contributed by atoms with Crippen LogP contribution in [0.1, 0.15) is 51.4 Å². The summed E-state index contributed by atoms with van der Waals surface area (Å²) in [6.07, 6.45) is 1.27. The Balaban J connectivity index is 1.45. The monoisotopic (exact) mass is 444 g/mol. The SMILES string of the molecule is COC(OC[C@]12CC(=O)[C@H](C)CC1OC1[C@H](OC(C)=O)CCC2C12CO2)c1ccccc1. The van der Waals surface area contributed by atoms with Crippen molar-refractivity contribution in [2.45, 2.75) is 69.7 Å². The number of carbonyl (C=O) groups is 2. The van der Waals surface area contributed by atoms with Crippen LogP contribution in [-0.2, 0) is 33.3 Å². The minimum atomic E-state index is -0.521. The molecule has 2 aliphatic carbocycles. The summed E-state index contributed by atoms with van der Waals surface area (Å²) >= 11 is 0. The molecule has 0 N–H and O–H groups in total. The van der Waals surface area contributed by atoms with Gasteiger partial charge in [0, 0.05) is 43.3 Å². The van der Waals surface area contributed by atoms with Gasteiger partial charge in [-0.15, -0.1) is 0 Å². The highest BCUT2D eigenvalue weighted by molar-refractivity contribution is 5.82. The molecule has 0 amide bonds. The second-order valence-corrected chi connectivity index (χ2v) is 9.87. The highest BCUT2D eigenvalue weighted by Crippen LogP contribution is 2.63. The van der Waals surface area contributed by atoms with Crippen LogP contribution in [0.15, 0.2) is 30.3 Å². The number of epoxide rings is 1. The number of hydrogen-bond acceptors (Lipinski definition) is 7. The molecule has 174 valence electrons. The van der Waals surface area contributed by atoms with E-state index in [2.05, 4.69) is 0 Å². The lowest BCUT2D eigenvalue weighted by Crippen LogP contribution is -2.69. The first kappa shape index (κ1) is 22.0. The molecule has 32 heavy (non-hydrogen) atoms. The normalized spacial score (nSPS) is 41.1. The minimum Gasteiger partial charge on any atom is -0.460 e. The molecule has 0 aromatic heterocycles. The molecule has 5 rings (SSSR count). The van der Waals surface area contributed by atoms with E-state index in [0.717, 1.165) is 12.0 Å². The molecule has 0 radical (unpaired) electrons. The molecule has 7 heteroatoms. The summed E-state index contributed by atoms with van der Waals surface area (Å²) in [6, 6.07) is 9.81. The molecule has 1 aromatic rings. The van der Waals surface area contributed by atoms with Gasteiger partial charge >= 0.3 is 5.97 Å². The van der Waals surface area contributed by atoms with Crippen LogP contribution in [0.4, 0.5) is 0 Å². The molecule has 5 unspecified atom stereocenters. The molecular weight excluding hydrogens is 412 g/mol. The van der Waals surface area contributed by atoms with Crippen molar-refractivity contribution in [3.63, 3.8) is 0 Å². The van der Waals surface area contributed by atoms with Crippen LogP contribution >= 0.6 is 0 Å². The van der Waals surface area contributed by atoms with Crippen LogP contribution in [0.5, 0.6) is 0 Å². The van der Waals surface area contributed by atoms with E-state index < -0.39 is 17.3 Å². The second kappa shape index (κ2) is 8.20. The molecule has 4 aliphatic rings. The first-order chi connectivity index (χ1) is 15.4. The third-order valence-corrected chi connectivity index (χ3v) is 8.00. The maximum atomic E-state index is 13.0. The van der Waals surface area contributed by atoms with E-state index in [1.807, 2.05) is 37.3 Å². The van der Waals surface area contributed by atoms with Gasteiger partial charge in [0.1, 0.15) is 23.6 Å². The zero-order valence-corrected chi connectivity index (χ0v) is 19.0. The van der Waals surface area contributed by atoms with Crippen molar-refractivity contribution in [3.05, 3.63) is 35.9 Å². The van der Waals surface area contributed by atoms with Gasteiger partial charge < -0.3 is 23.7 Å². The van der Waals surface area contributed by atoms with Crippen LogP contribution in [0.25, 0.3) is 0 Å². The summed E-state index contributed by atoms with van der Waals surface area (Å²) in [5.41, 5.74) is -0.0541. The molecule has 2 heterocycles. The number of esters is 1. The van der Waals surface area contributed by atoms with Crippen LogP contribution in [0, 0.1) is 17.3 Å². The number of rotatable bonds is 6. The summed E-state index contributed by atoms with van der Waals surface area (Å²) in [7, 11) is 1.63. The lowest BCUT2D eigenvalue weighted by molar-refractivity contribution is -0.282. The molecule has 4 fully saturated rings. The number of ketones is 1. The quantitative estimate of drug-likeness (QED) is 0.378. The molecule has 2 saturated carbocycles. The fourth-order valence-electron chi connectivity index (χ4n) is 6.40. The van der Waals surface area contributed by atoms with Crippen molar-refractivity contribution < 1.29 is 33.3 Å². The average Bonchev–Trinajstić information content (AvgIpc) is 3.54. The van der Waals surface area contributed by atoms with Gasteiger partial charge in [-0.1, -0.05) is 37.3 Å². The Bertz CT molecular complexity index is 866. The number of hydrogen-bond donors (Lipinski definition) is 0. The number of ether oxygens (including phenoxy) is 5. The molecule has 2 aliphatic heterocycles. The van der Waals surface area contributed by atoms with Gasteiger partial charge in [0.2, 0.25) is 0 Å². The van der Waals surface area contributed by atoms with E-state index in [4.69, 9.17) is 23.7 Å². The summed E-state index contributed by atoms with van der Waals surface area (Å²) in [5, 5.41) is 0. The maximum Gasteiger partial charge on any atom is 0.302 e. The van der Waals surface area contributed by atoms with Crippen LogP contribution in [-0.4, -0.2) is 56.0 Å². The molecular formula is C25H32O7. The molecule has 1 aromatic carbocycles. The fraction of sp³-hybridized carbons (Fsp3) is 0.680. The van der Waals surface area contributed by atoms with Crippen molar-refractivity contribution in [2.24, 2.45) is 17.3 Å². The summed E-state index contributed by atoms with van der Waals surface area (Å²) in [5.74, 6) is -0.0117. The highest BCUT2D eigenvalue weighted by atomic mass is 16.7. The maximum absolute atomic E-state index is 13.0. The number of methoxy groups -OCH3 is 1. The lowest BCUT2D eigenvalue weighted by atomic mass is 9.53. The van der Waals surface area contributed by atoms with E-state index in [1.54, 1.807) is 7.11 Å². The summed E-state index contributed by atoms with van der Waals surface area (Å²) in [6.45, 7) is 4.31. The van der Waals surface area contributed by atoms with E-state index in [1.165, 1.54) is 6.92 Å². The zero-order chi connectivity index (χ0) is 22.5. The summed E-state index contributed by atoms with van der Waals surface area (Å²) in [4.78, 5) is 24.7. The first-order valence-electron chi connectivity index (χ1n) is 11.6. The van der Waals surface area contributed by atoms with Gasteiger partial charge in [-0.2, -0.15) is 0 Å². The average molecular weight is 445 g/mol. The Labute approximate surface area is 188 Å². The smallest absolute Gasteiger partial charge is 0.302 e. The predicted octanol–water partition coefficient (Wildman–Crippen LogP) is 3.21. The van der Waals surface area contributed by atoms with E-state index in [-0.39, 0.29) is 41.9 Å². The van der Waals surface area contributed by atoms with Crippen molar-refractivity contribution in [3.8, 4) is 0 Å². The van der Waals surface area contributed by atoms with E-state index >= 15 is 0 Å². The molecule has 8 atom stereocenters. The Morgan fingerprint density at radius 3 is 2.66 bits per heavy atom. The number of carbonyl (C=O) groups excluding carboxylic acids is 2. The predicted molar refractivity (Wildman–Crippen MR) is 114 cm³/mol. The van der Waals surface area contributed by atoms with Crippen molar-refractivity contribution >= 4 is 11.8 Å². The standard InChI is InChI=1S/C25H32O7/c1-15-11-21-24(12-18(15)27,13-29-23(28-3)17-7-5-4-6-8-17)20-10-9-19(31-16(2)26)22(32-21)25(20)14-30-25/h4-8,15,19-23H,9-14H2,1-3H3/t15-,19-,20?,21?,22?,23?,24+,25?/m1/s1. The molecule has 1 spiro atoms. The molecule has 2 saturated heterocycles. The van der Waals surface area contributed by atoms with Crippen molar-refractivity contribution in [2.75, 3.05) is 20.3 Å². The minimum absolute atomic E-state index is 0.0671. The van der Waals surface area contributed by atoms with Crippen LogP contribution < -0.4 is 0 Å². The first-order valence-corrected chi connectivity index (χ1v) is 11.6. The topological polar surface area (TPSA) is 83.6 Å². The second-order valence-electron chi connectivity index (χ2n) is 9.87. The van der Waals surface area contributed by atoms with Gasteiger partial charge in [0.15, 0.2) is 6.29 Å². The molecule has 7 nitrogen and oxygen atoms in total. The third kappa shape index (κ3) is 3.50. The van der Waals surface area contributed by atoms with Crippen molar-refractivity contribution in [1.29, 1.82) is 0 Å². The van der Waals surface area contributed by atoms with E-state index in [9.17, 15) is 9.59 Å². The lowest BCUT2D eigenvalue weighted by Gasteiger charge is -2.60. The van der Waals surface area contributed by atoms with Gasteiger partial charge in [0.25, 0.3) is 0 Å². The zero-order valence-electron chi connectivity index (χ0n) is 19.0. The number of Topliss-reactive ketones (excluding diaryl/α,β-unsaturated/α-hetero) is 1. The van der Waals surface area contributed by atoms with E-state index in [0.29, 0.717) is 32.5 Å². The summed E-state index contributed by atoms with van der Waals surface area (Å²) < 4.78 is 30.4. The number of benzene rings is 1.